The fourth-order valence-corrected chi connectivity index (χ4v) is 2.85. The highest BCUT2D eigenvalue weighted by atomic mass is 16.6. The number of carbonyl (C=O) groups is 3. The average molecular weight is 341 g/mol. The summed E-state index contributed by atoms with van der Waals surface area (Å²) in [6, 6.07) is 0.223. The number of hydrogen-bond acceptors (Lipinski definition) is 4. The van der Waals surface area contributed by atoms with Crippen molar-refractivity contribution >= 4 is 17.9 Å². The molecule has 1 saturated heterocycles. The maximum absolute atomic E-state index is 12.1. The monoisotopic (exact) mass is 341 g/mol. The van der Waals surface area contributed by atoms with Crippen LogP contribution in [0.2, 0.25) is 0 Å². The number of hydrogen-bond donors (Lipinski definition) is 1. The number of amides is 3. The summed E-state index contributed by atoms with van der Waals surface area (Å²) in [5.41, 5.74) is 0. The molecule has 0 aromatic heterocycles. The van der Waals surface area contributed by atoms with E-state index in [4.69, 9.17) is 4.74 Å². The van der Waals surface area contributed by atoms with Gasteiger partial charge >= 0.3 is 6.09 Å². The first kappa shape index (κ1) is 20.3. The van der Waals surface area contributed by atoms with Gasteiger partial charge in [-0.2, -0.15) is 0 Å². The molecule has 24 heavy (non-hydrogen) atoms. The minimum Gasteiger partial charge on any atom is -0.450 e. The third-order valence-electron chi connectivity index (χ3n) is 4.49. The van der Waals surface area contributed by atoms with Crippen LogP contribution >= 0.6 is 0 Å². The predicted molar refractivity (Wildman–Crippen MR) is 91.5 cm³/mol. The summed E-state index contributed by atoms with van der Waals surface area (Å²) < 4.78 is 4.98. The van der Waals surface area contributed by atoms with Crippen molar-refractivity contribution in [3.63, 3.8) is 0 Å². The van der Waals surface area contributed by atoms with Crippen LogP contribution in [0.3, 0.4) is 0 Å². The maximum Gasteiger partial charge on any atom is 0.409 e. The second-order valence-corrected chi connectivity index (χ2v) is 6.25. The van der Waals surface area contributed by atoms with Gasteiger partial charge in [0.25, 0.3) is 0 Å². The molecule has 0 aliphatic carbocycles. The lowest BCUT2D eigenvalue weighted by atomic mass is 10.1. The molecular weight excluding hydrogens is 310 g/mol. The zero-order valence-corrected chi connectivity index (χ0v) is 15.3. The van der Waals surface area contributed by atoms with Crippen LogP contribution in [-0.2, 0) is 14.3 Å². The Morgan fingerprint density at radius 1 is 1.25 bits per heavy atom. The van der Waals surface area contributed by atoms with Crippen molar-refractivity contribution in [3.05, 3.63) is 0 Å². The summed E-state index contributed by atoms with van der Waals surface area (Å²) in [4.78, 5) is 38.8. The van der Waals surface area contributed by atoms with E-state index in [1.54, 1.807) is 16.7 Å². The highest BCUT2D eigenvalue weighted by molar-refractivity contribution is 5.78. The smallest absolute Gasteiger partial charge is 0.409 e. The van der Waals surface area contributed by atoms with Crippen LogP contribution in [0.1, 0.15) is 53.4 Å². The van der Waals surface area contributed by atoms with Gasteiger partial charge in [-0.05, 0) is 33.1 Å². The van der Waals surface area contributed by atoms with E-state index in [2.05, 4.69) is 5.32 Å². The van der Waals surface area contributed by atoms with E-state index in [1.165, 1.54) is 6.92 Å². The molecule has 1 rings (SSSR count). The molecule has 1 aliphatic heterocycles. The molecule has 0 saturated carbocycles. The van der Waals surface area contributed by atoms with E-state index in [0.717, 1.165) is 19.3 Å². The van der Waals surface area contributed by atoms with Crippen LogP contribution < -0.4 is 5.32 Å². The summed E-state index contributed by atoms with van der Waals surface area (Å²) in [7, 11) is 0. The minimum absolute atomic E-state index is 0.0000975. The molecule has 1 atom stereocenters. The second kappa shape index (κ2) is 10.2. The van der Waals surface area contributed by atoms with E-state index in [1.807, 2.05) is 13.8 Å². The zero-order chi connectivity index (χ0) is 18.1. The fourth-order valence-electron chi connectivity index (χ4n) is 2.85. The number of likely N-dealkylation sites (tertiary alicyclic amines) is 1. The van der Waals surface area contributed by atoms with E-state index < -0.39 is 0 Å². The maximum atomic E-state index is 12.1. The Morgan fingerprint density at radius 2 is 1.88 bits per heavy atom. The standard InChI is InChI=1S/C17H31N3O4/c1-5-13(3)20(14(4)21)12-9-16(22)18-15-7-10-19(11-8-15)17(23)24-6-2/h13,15H,5-12H2,1-4H3,(H,18,22). The van der Waals surface area contributed by atoms with Gasteiger partial charge in [0.15, 0.2) is 0 Å². The molecular formula is C17H31N3O4. The lowest BCUT2D eigenvalue weighted by Gasteiger charge is -2.32. The first-order valence-electron chi connectivity index (χ1n) is 8.87. The van der Waals surface area contributed by atoms with Crippen molar-refractivity contribution < 1.29 is 19.1 Å². The van der Waals surface area contributed by atoms with Gasteiger partial charge in [0.2, 0.25) is 11.8 Å². The first-order valence-corrected chi connectivity index (χ1v) is 8.87. The third-order valence-corrected chi connectivity index (χ3v) is 4.49. The van der Waals surface area contributed by atoms with Crippen molar-refractivity contribution in [2.24, 2.45) is 0 Å². The topological polar surface area (TPSA) is 79.0 Å². The van der Waals surface area contributed by atoms with E-state index in [0.29, 0.717) is 32.7 Å². The van der Waals surface area contributed by atoms with Crippen LogP contribution in [0.5, 0.6) is 0 Å². The Labute approximate surface area is 144 Å². The largest absolute Gasteiger partial charge is 0.450 e. The van der Waals surface area contributed by atoms with Gasteiger partial charge in [0.1, 0.15) is 0 Å². The highest BCUT2D eigenvalue weighted by Crippen LogP contribution is 2.12. The Balaban J connectivity index is 2.34. The quantitative estimate of drug-likeness (QED) is 0.765. The van der Waals surface area contributed by atoms with Gasteiger partial charge < -0.3 is 19.9 Å². The van der Waals surface area contributed by atoms with E-state index in [-0.39, 0.29) is 30.0 Å². The van der Waals surface area contributed by atoms with E-state index in [9.17, 15) is 14.4 Å². The number of carbonyl (C=O) groups excluding carboxylic acids is 3. The molecule has 0 bridgehead atoms. The predicted octanol–water partition coefficient (Wildman–Crippen LogP) is 1.76. The van der Waals surface area contributed by atoms with Crippen LogP contribution in [0.25, 0.3) is 0 Å². The number of piperidine rings is 1. The van der Waals surface area contributed by atoms with Gasteiger partial charge in [-0.1, -0.05) is 6.92 Å². The van der Waals surface area contributed by atoms with Gasteiger partial charge in [-0.25, -0.2) is 4.79 Å². The second-order valence-electron chi connectivity index (χ2n) is 6.25. The summed E-state index contributed by atoms with van der Waals surface area (Å²) in [5, 5.41) is 3.01. The molecule has 0 aromatic rings. The van der Waals surface area contributed by atoms with Gasteiger partial charge in [-0.15, -0.1) is 0 Å². The Kier molecular flexibility index (Phi) is 8.57. The van der Waals surface area contributed by atoms with Gasteiger partial charge in [0, 0.05) is 45.1 Å². The van der Waals surface area contributed by atoms with Crippen LogP contribution in [0.4, 0.5) is 4.79 Å². The highest BCUT2D eigenvalue weighted by Gasteiger charge is 2.25. The Morgan fingerprint density at radius 3 is 2.38 bits per heavy atom. The van der Waals surface area contributed by atoms with E-state index >= 15 is 0 Å². The Hall–Kier alpha value is -1.79. The average Bonchev–Trinajstić information content (AvgIpc) is 2.55. The molecule has 1 unspecified atom stereocenters. The number of nitrogens with zero attached hydrogens (tertiary/aromatic N) is 2. The minimum atomic E-state index is -0.284. The molecule has 1 aliphatic rings. The molecule has 138 valence electrons. The van der Waals surface area contributed by atoms with Crippen LogP contribution in [0, 0.1) is 0 Å². The van der Waals surface area contributed by atoms with Crippen molar-refractivity contribution in [1.82, 2.24) is 15.1 Å². The van der Waals surface area contributed by atoms with Crippen LogP contribution in [0.15, 0.2) is 0 Å². The molecule has 1 N–H and O–H groups in total. The molecule has 1 heterocycles. The molecule has 0 spiro atoms. The zero-order valence-electron chi connectivity index (χ0n) is 15.3. The molecule has 7 nitrogen and oxygen atoms in total. The van der Waals surface area contributed by atoms with Gasteiger partial charge in [-0.3, -0.25) is 9.59 Å². The lowest BCUT2D eigenvalue weighted by molar-refractivity contribution is -0.131. The summed E-state index contributed by atoms with van der Waals surface area (Å²) in [5.74, 6) is -0.0426. The molecule has 7 heteroatoms. The number of ether oxygens (including phenoxy) is 1. The molecule has 0 aromatic carbocycles. The van der Waals surface area contributed by atoms with Crippen molar-refractivity contribution in [2.75, 3.05) is 26.2 Å². The van der Waals surface area contributed by atoms with Crippen LogP contribution in [-0.4, -0.2) is 66.0 Å². The molecule has 3 amide bonds. The normalized spacial score (nSPS) is 16.4. The summed E-state index contributed by atoms with van der Waals surface area (Å²) in [6.07, 6.45) is 2.35. The third kappa shape index (κ3) is 6.37. The fraction of sp³-hybridized carbons (Fsp3) is 0.824. The molecule has 0 radical (unpaired) electrons. The van der Waals surface area contributed by atoms with Gasteiger partial charge in [0.05, 0.1) is 6.61 Å². The number of nitrogens with one attached hydrogen (secondary N) is 1. The molecule has 1 fully saturated rings. The lowest BCUT2D eigenvalue weighted by Crippen LogP contribution is -2.47. The first-order chi connectivity index (χ1) is 11.4. The summed E-state index contributed by atoms with van der Waals surface area (Å²) in [6.45, 7) is 9.34. The Bertz CT molecular complexity index is 434. The summed E-state index contributed by atoms with van der Waals surface area (Å²) >= 11 is 0. The number of rotatable bonds is 7. The van der Waals surface area contributed by atoms with Crippen molar-refractivity contribution in [3.8, 4) is 0 Å². The SMILES string of the molecule is CCOC(=O)N1CCC(NC(=O)CCN(C(C)=O)C(C)CC)CC1. The van der Waals surface area contributed by atoms with Crippen molar-refractivity contribution in [1.29, 1.82) is 0 Å². The van der Waals surface area contributed by atoms with Crippen molar-refractivity contribution in [2.45, 2.75) is 65.5 Å².